The summed E-state index contributed by atoms with van der Waals surface area (Å²) in [7, 11) is -3.86. The van der Waals surface area contributed by atoms with Crippen molar-refractivity contribution < 1.29 is 13.2 Å². The Kier molecular flexibility index (Phi) is 5.56. The molecule has 0 aromatic heterocycles. The number of anilines is 2. The average molecular weight is 314 g/mol. The van der Waals surface area contributed by atoms with Crippen LogP contribution in [-0.2, 0) is 14.8 Å². The maximum atomic E-state index is 11.9. The number of rotatable bonds is 6. The van der Waals surface area contributed by atoms with Crippen LogP contribution < -0.4 is 16.2 Å². The van der Waals surface area contributed by atoms with E-state index in [0.717, 1.165) is 0 Å². The minimum atomic E-state index is -3.86. The maximum absolute atomic E-state index is 11.9. The average Bonchev–Trinajstić information content (AvgIpc) is 2.39. The van der Waals surface area contributed by atoms with E-state index in [-0.39, 0.29) is 23.0 Å². The molecule has 0 aliphatic rings. The van der Waals surface area contributed by atoms with Gasteiger partial charge in [-0.25, -0.2) is 13.6 Å². The lowest BCUT2D eigenvalue weighted by molar-refractivity contribution is -0.128. The molecule has 1 amide bonds. The highest BCUT2D eigenvalue weighted by molar-refractivity contribution is 7.89. The molecule has 0 fully saturated rings. The van der Waals surface area contributed by atoms with Gasteiger partial charge in [-0.1, -0.05) is 0 Å². The third-order valence-electron chi connectivity index (χ3n) is 3.24. The molecule has 0 atom stereocenters. The van der Waals surface area contributed by atoms with Gasteiger partial charge < -0.3 is 16.0 Å². The number of carbonyl (C=O) groups excluding carboxylic acids is 1. The van der Waals surface area contributed by atoms with Crippen molar-refractivity contribution in [1.29, 1.82) is 0 Å². The number of nitrogens with one attached hydrogen (secondary N) is 1. The van der Waals surface area contributed by atoms with Crippen LogP contribution in [0.5, 0.6) is 0 Å². The molecule has 1 aromatic carbocycles. The summed E-state index contributed by atoms with van der Waals surface area (Å²) in [6.07, 6.45) is 0. The van der Waals surface area contributed by atoms with E-state index in [9.17, 15) is 13.2 Å². The molecule has 0 saturated heterocycles. The van der Waals surface area contributed by atoms with E-state index < -0.39 is 10.0 Å². The Morgan fingerprint density at radius 1 is 1.29 bits per heavy atom. The van der Waals surface area contributed by atoms with Gasteiger partial charge in [0.15, 0.2) is 0 Å². The molecule has 0 radical (unpaired) electrons. The zero-order valence-electron chi connectivity index (χ0n) is 12.5. The Balaban J connectivity index is 3.00. The van der Waals surface area contributed by atoms with E-state index in [1.807, 2.05) is 13.8 Å². The van der Waals surface area contributed by atoms with Crippen molar-refractivity contribution in [2.24, 2.45) is 5.14 Å². The van der Waals surface area contributed by atoms with E-state index in [0.29, 0.717) is 24.3 Å². The summed E-state index contributed by atoms with van der Waals surface area (Å²) in [5, 5.41) is 8.08. The molecule has 0 aliphatic heterocycles. The summed E-state index contributed by atoms with van der Waals surface area (Å²) >= 11 is 0. The number of carbonyl (C=O) groups is 1. The van der Waals surface area contributed by atoms with Gasteiger partial charge in [-0.15, -0.1) is 0 Å². The van der Waals surface area contributed by atoms with Crippen LogP contribution in [0.25, 0.3) is 0 Å². The normalized spacial score (nSPS) is 11.2. The number of amides is 1. The van der Waals surface area contributed by atoms with Crippen LogP contribution in [-0.4, -0.2) is 38.9 Å². The number of likely N-dealkylation sites (N-methyl/N-ethyl adjacent to an activating group) is 1. The van der Waals surface area contributed by atoms with Crippen molar-refractivity contribution in [1.82, 2.24) is 4.90 Å². The second-order valence-electron chi connectivity index (χ2n) is 4.66. The summed E-state index contributed by atoms with van der Waals surface area (Å²) < 4.78 is 23.0. The number of primary sulfonamides is 1. The van der Waals surface area contributed by atoms with Crippen LogP contribution >= 0.6 is 0 Å². The van der Waals surface area contributed by atoms with Gasteiger partial charge in [-0.2, -0.15) is 0 Å². The first kappa shape index (κ1) is 17.3. The van der Waals surface area contributed by atoms with Gasteiger partial charge in [0.2, 0.25) is 15.9 Å². The predicted octanol–water partition coefficient (Wildman–Crippen LogP) is 0.505. The first-order valence-electron chi connectivity index (χ1n) is 6.65. The minimum absolute atomic E-state index is 0.0414. The second kappa shape index (κ2) is 6.77. The van der Waals surface area contributed by atoms with E-state index in [2.05, 4.69) is 5.32 Å². The van der Waals surface area contributed by atoms with Gasteiger partial charge in [0.05, 0.1) is 11.4 Å². The number of benzene rings is 1. The van der Waals surface area contributed by atoms with Gasteiger partial charge in [-0.05, 0) is 38.5 Å². The number of hydrogen-bond donors (Lipinski definition) is 3. The van der Waals surface area contributed by atoms with Crippen molar-refractivity contribution in [3.63, 3.8) is 0 Å². The van der Waals surface area contributed by atoms with E-state index >= 15 is 0 Å². The van der Waals surface area contributed by atoms with Crippen molar-refractivity contribution in [2.75, 3.05) is 30.7 Å². The highest BCUT2D eigenvalue weighted by Gasteiger charge is 2.16. The fourth-order valence-corrected chi connectivity index (χ4v) is 2.88. The van der Waals surface area contributed by atoms with E-state index in [1.165, 1.54) is 6.07 Å². The highest BCUT2D eigenvalue weighted by atomic mass is 32.2. The van der Waals surface area contributed by atoms with Crippen LogP contribution in [0.3, 0.4) is 0 Å². The Morgan fingerprint density at radius 3 is 2.33 bits per heavy atom. The summed E-state index contributed by atoms with van der Waals surface area (Å²) in [4.78, 5) is 13.6. The summed E-state index contributed by atoms with van der Waals surface area (Å²) in [5.41, 5.74) is 6.88. The lowest BCUT2D eigenvalue weighted by Crippen LogP contribution is -2.35. The zero-order valence-corrected chi connectivity index (χ0v) is 13.3. The smallest absolute Gasteiger partial charge is 0.241 e. The molecule has 0 aliphatic carbocycles. The largest absolute Gasteiger partial charge is 0.399 e. The highest BCUT2D eigenvalue weighted by Crippen LogP contribution is 2.25. The Morgan fingerprint density at radius 2 is 1.86 bits per heavy atom. The van der Waals surface area contributed by atoms with Crippen molar-refractivity contribution in [3.05, 3.63) is 17.7 Å². The Bertz CT molecular complexity index is 625. The standard InChI is InChI=1S/C13H22N4O3S/c1-4-17(5-2)13(18)8-16-11-6-10(14)7-12(9(11)3)21(15,19)20/h6-7,16H,4-5,8,14H2,1-3H3,(H2,15,19,20). The lowest BCUT2D eigenvalue weighted by Gasteiger charge is -2.20. The molecule has 1 rings (SSSR count). The molecule has 0 saturated carbocycles. The number of nitrogen functional groups attached to an aromatic ring is 1. The molecule has 0 bridgehead atoms. The third kappa shape index (κ3) is 4.33. The molecular formula is C13H22N4O3S. The van der Waals surface area contributed by atoms with Gasteiger partial charge in [-0.3, -0.25) is 4.79 Å². The number of sulfonamides is 1. The van der Waals surface area contributed by atoms with Gasteiger partial charge in [0, 0.05) is 24.5 Å². The Labute approximate surface area is 125 Å². The Hall–Kier alpha value is -1.80. The molecule has 118 valence electrons. The molecular weight excluding hydrogens is 292 g/mol. The predicted molar refractivity (Wildman–Crippen MR) is 83.4 cm³/mol. The van der Waals surface area contributed by atoms with Gasteiger partial charge in [0.1, 0.15) is 0 Å². The van der Waals surface area contributed by atoms with E-state index in [4.69, 9.17) is 10.9 Å². The van der Waals surface area contributed by atoms with Crippen molar-refractivity contribution in [2.45, 2.75) is 25.7 Å². The molecule has 7 nitrogen and oxygen atoms in total. The van der Waals surface area contributed by atoms with Gasteiger partial charge >= 0.3 is 0 Å². The fraction of sp³-hybridized carbons (Fsp3) is 0.462. The monoisotopic (exact) mass is 314 g/mol. The maximum Gasteiger partial charge on any atom is 0.241 e. The summed E-state index contributed by atoms with van der Waals surface area (Å²) in [6.45, 7) is 6.71. The van der Waals surface area contributed by atoms with Crippen LogP contribution in [0, 0.1) is 6.92 Å². The van der Waals surface area contributed by atoms with E-state index in [1.54, 1.807) is 17.9 Å². The minimum Gasteiger partial charge on any atom is -0.399 e. The number of hydrogen-bond acceptors (Lipinski definition) is 5. The number of nitrogens with two attached hydrogens (primary N) is 2. The summed E-state index contributed by atoms with van der Waals surface area (Å²) in [6, 6.07) is 2.89. The molecule has 5 N–H and O–H groups in total. The molecule has 0 spiro atoms. The number of nitrogens with zero attached hydrogens (tertiary/aromatic N) is 1. The van der Waals surface area contributed by atoms with Gasteiger partial charge in [0.25, 0.3) is 0 Å². The van der Waals surface area contributed by atoms with Crippen LogP contribution in [0.1, 0.15) is 19.4 Å². The second-order valence-corrected chi connectivity index (χ2v) is 6.19. The molecule has 0 heterocycles. The van der Waals surface area contributed by atoms with Crippen LogP contribution in [0.2, 0.25) is 0 Å². The topological polar surface area (TPSA) is 119 Å². The molecule has 8 heteroatoms. The van der Waals surface area contributed by atoms with Crippen LogP contribution in [0.15, 0.2) is 17.0 Å². The SMILES string of the molecule is CCN(CC)C(=O)CNc1cc(N)cc(S(N)(=O)=O)c1C. The first-order chi connectivity index (χ1) is 9.70. The van der Waals surface area contributed by atoms with Crippen molar-refractivity contribution >= 4 is 27.3 Å². The molecule has 21 heavy (non-hydrogen) atoms. The first-order valence-corrected chi connectivity index (χ1v) is 8.19. The zero-order chi connectivity index (χ0) is 16.2. The third-order valence-corrected chi connectivity index (χ3v) is 4.27. The quantitative estimate of drug-likeness (QED) is 0.661. The van der Waals surface area contributed by atoms with Crippen LogP contribution in [0.4, 0.5) is 11.4 Å². The molecule has 1 aromatic rings. The fourth-order valence-electron chi connectivity index (χ4n) is 2.05. The summed E-state index contributed by atoms with van der Waals surface area (Å²) in [5.74, 6) is -0.0704. The van der Waals surface area contributed by atoms with Crippen molar-refractivity contribution in [3.8, 4) is 0 Å². The lowest BCUT2D eigenvalue weighted by atomic mass is 10.2. The molecule has 0 unspecified atom stereocenters.